The summed E-state index contributed by atoms with van der Waals surface area (Å²) >= 11 is 6.12. The van der Waals surface area contributed by atoms with Gasteiger partial charge in [0.05, 0.1) is 0 Å². The Balaban J connectivity index is 2.68. The first-order chi connectivity index (χ1) is 8.31. The van der Waals surface area contributed by atoms with Gasteiger partial charge < -0.3 is 0 Å². The average Bonchev–Trinajstić information content (AvgIpc) is 2.33. The Labute approximate surface area is 117 Å². The first-order valence-electron chi connectivity index (χ1n) is 7.04. The van der Waals surface area contributed by atoms with E-state index in [1.54, 1.807) is 5.56 Å². The highest BCUT2D eigenvalue weighted by Crippen LogP contribution is 2.46. The van der Waals surface area contributed by atoms with Crippen molar-refractivity contribution in [1.29, 1.82) is 0 Å². The highest BCUT2D eigenvalue weighted by molar-refractivity contribution is 6.17. The maximum absolute atomic E-state index is 6.12. The molecule has 0 bridgehead atoms. The lowest BCUT2D eigenvalue weighted by Gasteiger charge is -2.42. The Morgan fingerprint density at radius 2 is 1.39 bits per heavy atom. The largest absolute Gasteiger partial charge is 0.122 e. The van der Waals surface area contributed by atoms with Crippen molar-refractivity contribution in [2.45, 2.75) is 70.6 Å². The van der Waals surface area contributed by atoms with Gasteiger partial charge in [-0.05, 0) is 52.3 Å². The number of alkyl halides is 1. The normalized spacial score (nSPS) is 20.6. The Hall–Kier alpha value is -0.490. The van der Waals surface area contributed by atoms with E-state index < -0.39 is 0 Å². The van der Waals surface area contributed by atoms with Crippen LogP contribution in [0.4, 0.5) is 0 Å². The molecule has 18 heavy (non-hydrogen) atoms. The van der Waals surface area contributed by atoms with E-state index in [0.29, 0.717) is 11.3 Å². The van der Waals surface area contributed by atoms with Crippen molar-refractivity contribution in [3.63, 3.8) is 0 Å². The van der Waals surface area contributed by atoms with Crippen LogP contribution < -0.4 is 0 Å². The van der Waals surface area contributed by atoms with Crippen molar-refractivity contribution in [2.75, 3.05) is 0 Å². The quantitative estimate of drug-likeness (QED) is 0.633. The minimum Gasteiger partial charge on any atom is -0.122 e. The van der Waals surface area contributed by atoms with E-state index >= 15 is 0 Å². The van der Waals surface area contributed by atoms with E-state index in [0.717, 1.165) is 6.42 Å². The molecule has 0 aromatic heterocycles. The van der Waals surface area contributed by atoms with Crippen molar-refractivity contribution < 1.29 is 0 Å². The number of benzene rings is 1. The van der Waals surface area contributed by atoms with Crippen LogP contribution in [0.1, 0.15) is 69.7 Å². The molecule has 0 nitrogen and oxygen atoms in total. The molecule has 0 atom stereocenters. The van der Waals surface area contributed by atoms with Crippen molar-refractivity contribution in [1.82, 2.24) is 0 Å². The van der Waals surface area contributed by atoms with Gasteiger partial charge in [-0.2, -0.15) is 0 Å². The molecule has 1 aromatic carbocycles. The SMILES string of the molecule is CCc1cc2c(cc1CCl)C(C)(C)CCC2(C)C. The first-order valence-corrected chi connectivity index (χ1v) is 7.58. The van der Waals surface area contributed by atoms with Crippen molar-refractivity contribution in [3.8, 4) is 0 Å². The molecule has 0 amide bonds. The summed E-state index contributed by atoms with van der Waals surface area (Å²) in [6.07, 6.45) is 3.61. The van der Waals surface area contributed by atoms with Crippen LogP contribution >= 0.6 is 11.6 Å². The van der Waals surface area contributed by atoms with Crippen molar-refractivity contribution in [2.24, 2.45) is 0 Å². The van der Waals surface area contributed by atoms with Crippen LogP contribution in [0.2, 0.25) is 0 Å². The number of fused-ring (bicyclic) bond motifs is 1. The van der Waals surface area contributed by atoms with Gasteiger partial charge >= 0.3 is 0 Å². The van der Waals surface area contributed by atoms with Crippen LogP contribution in [0.5, 0.6) is 0 Å². The van der Waals surface area contributed by atoms with Crippen LogP contribution in [-0.4, -0.2) is 0 Å². The maximum atomic E-state index is 6.12. The highest BCUT2D eigenvalue weighted by Gasteiger charge is 2.37. The van der Waals surface area contributed by atoms with Crippen LogP contribution in [0.25, 0.3) is 0 Å². The van der Waals surface area contributed by atoms with Gasteiger partial charge in [-0.15, -0.1) is 11.6 Å². The fourth-order valence-corrected chi connectivity index (χ4v) is 3.41. The van der Waals surface area contributed by atoms with Crippen LogP contribution in [-0.2, 0) is 23.1 Å². The molecule has 0 aliphatic heterocycles. The molecule has 0 radical (unpaired) electrons. The monoisotopic (exact) mass is 264 g/mol. The number of hydrogen-bond donors (Lipinski definition) is 0. The van der Waals surface area contributed by atoms with Crippen LogP contribution in [0.15, 0.2) is 12.1 Å². The first kappa shape index (κ1) is 13.9. The molecule has 1 aliphatic rings. The predicted octanol–water partition coefficient (Wildman–Crippen LogP) is 5.34. The molecule has 2 rings (SSSR count). The van der Waals surface area contributed by atoms with Gasteiger partial charge in [-0.3, -0.25) is 0 Å². The van der Waals surface area contributed by atoms with Gasteiger partial charge in [0.15, 0.2) is 0 Å². The topological polar surface area (TPSA) is 0 Å². The average molecular weight is 265 g/mol. The molecule has 0 saturated carbocycles. The van der Waals surface area contributed by atoms with E-state index in [1.807, 2.05) is 0 Å². The summed E-state index contributed by atoms with van der Waals surface area (Å²) in [5.41, 5.74) is 6.41. The van der Waals surface area contributed by atoms with E-state index in [1.165, 1.54) is 29.5 Å². The second kappa shape index (κ2) is 4.56. The highest BCUT2D eigenvalue weighted by atomic mass is 35.5. The molecule has 0 unspecified atom stereocenters. The Morgan fingerprint density at radius 3 is 1.78 bits per heavy atom. The van der Waals surface area contributed by atoms with E-state index in [2.05, 4.69) is 46.8 Å². The number of hydrogen-bond acceptors (Lipinski definition) is 0. The van der Waals surface area contributed by atoms with Gasteiger partial charge in [0.2, 0.25) is 0 Å². The maximum Gasteiger partial charge on any atom is 0.0476 e. The summed E-state index contributed by atoms with van der Waals surface area (Å²) in [5, 5.41) is 0. The molecule has 1 heteroatoms. The molecule has 0 heterocycles. The summed E-state index contributed by atoms with van der Waals surface area (Å²) in [5.74, 6) is 0.632. The molecule has 0 N–H and O–H groups in total. The van der Waals surface area contributed by atoms with E-state index in [9.17, 15) is 0 Å². The molecule has 1 aliphatic carbocycles. The zero-order valence-electron chi connectivity index (χ0n) is 12.4. The molecule has 0 saturated heterocycles. The summed E-state index contributed by atoms with van der Waals surface area (Å²) in [6, 6.07) is 4.80. The smallest absolute Gasteiger partial charge is 0.0476 e. The second-order valence-electron chi connectivity index (χ2n) is 6.92. The fraction of sp³-hybridized carbons (Fsp3) is 0.647. The molecule has 0 spiro atoms. The number of rotatable bonds is 2. The van der Waals surface area contributed by atoms with Gasteiger partial charge in [-0.25, -0.2) is 0 Å². The third-order valence-corrected chi connectivity index (χ3v) is 4.99. The van der Waals surface area contributed by atoms with Gasteiger partial charge in [0.1, 0.15) is 0 Å². The zero-order chi connectivity index (χ0) is 13.6. The lowest BCUT2D eigenvalue weighted by atomic mass is 9.62. The minimum absolute atomic E-state index is 0.290. The van der Waals surface area contributed by atoms with Crippen LogP contribution in [0, 0.1) is 0 Å². The van der Waals surface area contributed by atoms with Crippen molar-refractivity contribution in [3.05, 3.63) is 34.4 Å². The van der Waals surface area contributed by atoms with E-state index in [-0.39, 0.29) is 5.41 Å². The van der Waals surface area contributed by atoms with Gasteiger partial charge in [0.25, 0.3) is 0 Å². The molecular formula is C17H25Cl. The molecule has 1 aromatic rings. The standard InChI is InChI=1S/C17H25Cl/c1-6-12-9-14-15(10-13(12)11-18)17(4,5)8-7-16(14,2)3/h9-10H,6-8,11H2,1-5H3. The third-order valence-electron chi connectivity index (χ3n) is 4.70. The molecule has 100 valence electrons. The second-order valence-corrected chi connectivity index (χ2v) is 7.19. The summed E-state index contributed by atoms with van der Waals surface area (Å²) in [4.78, 5) is 0. The Kier molecular flexibility index (Phi) is 3.53. The Bertz CT molecular complexity index is 412. The fourth-order valence-electron chi connectivity index (χ4n) is 3.16. The molecular weight excluding hydrogens is 240 g/mol. The van der Waals surface area contributed by atoms with Gasteiger partial charge in [-0.1, -0.05) is 46.8 Å². The Morgan fingerprint density at radius 1 is 0.944 bits per heavy atom. The third kappa shape index (κ3) is 2.20. The van der Waals surface area contributed by atoms with E-state index in [4.69, 9.17) is 11.6 Å². The summed E-state index contributed by atoms with van der Waals surface area (Å²) in [6.45, 7) is 11.7. The minimum atomic E-state index is 0.290. The lowest BCUT2D eigenvalue weighted by molar-refractivity contribution is 0.331. The van der Waals surface area contributed by atoms with Gasteiger partial charge in [0, 0.05) is 5.88 Å². The molecule has 0 fully saturated rings. The number of halogens is 1. The van der Waals surface area contributed by atoms with Crippen molar-refractivity contribution >= 4 is 11.6 Å². The lowest BCUT2D eigenvalue weighted by Crippen LogP contribution is -2.34. The number of aryl methyl sites for hydroxylation is 1. The zero-order valence-corrected chi connectivity index (χ0v) is 13.1. The predicted molar refractivity (Wildman–Crippen MR) is 80.7 cm³/mol. The summed E-state index contributed by atoms with van der Waals surface area (Å²) < 4.78 is 0. The summed E-state index contributed by atoms with van der Waals surface area (Å²) in [7, 11) is 0. The van der Waals surface area contributed by atoms with Crippen LogP contribution in [0.3, 0.4) is 0 Å².